The Morgan fingerprint density at radius 1 is 1.07 bits per heavy atom. The van der Waals surface area contributed by atoms with Crippen LogP contribution in [-0.2, 0) is 13.1 Å². The standard InChI is InChI=1S/C13H15NS/c1-11-5-2-3-6-12(11)9-14-10-13-7-4-8-15-13/h2-8,14H,9-10H2,1H3. The zero-order chi connectivity index (χ0) is 10.5. The van der Waals surface area contributed by atoms with Crippen molar-refractivity contribution < 1.29 is 0 Å². The molecule has 0 aliphatic rings. The van der Waals surface area contributed by atoms with E-state index in [0.29, 0.717) is 0 Å². The Balaban J connectivity index is 1.86. The van der Waals surface area contributed by atoms with Crippen molar-refractivity contribution in [2.75, 3.05) is 0 Å². The molecule has 0 unspecified atom stereocenters. The summed E-state index contributed by atoms with van der Waals surface area (Å²) in [7, 11) is 0. The first-order valence-corrected chi connectivity index (χ1v) is 6.02. The van der Waals surface area contributed by atoms with Crippen molar-refractivity contribution in [1.82, 2.24) is 5.32 Å². The molecule has 2 rings (SSSR count). The lowest BCUT2D eigenvalue weighted by Crippen LogP contribution is -2.12. The molecular weight excluding hydrogens is 202 g/mol. The van der Waals surface area contributed by atoms with Crippen molar-refractivity contribution >= 4 is 11.3 Å². The molecule has 0 fully saturated rings. The van der Waals surface area contributed by atoms with Gasteiger partial charge in [0.25, 0.3) is 0 Å². The molecule has 2 heteroatoms. The molecule has 0 saturated carbocycles. The highest BCUT2D eigenvalue weighted by molar-refractivity contribution is 7.09. The number of hydrogen-bond donors (Lipinski definition) is 1. The van der Waals surface area contributed by atoms with E-state index in [2.05, 4.69) is 54.0 Å². The maximum Gasteiger partial charge on any atom is 0.0302 e. The van der Waals surface area contributed by atoms with Crippen LogP contribution in [0.1, 0.15) is 16.0 Å². The first-order chi connectivity index (χ1) is 7.36. The van der Waals surface area contributed by atoms with E-state index in [1.807, 2.05) is 0 Å². The maximum absolute atomic E-state index is 3.46. The van der Waals surface area contributed by atoms with Gasteiger partial charge in [-0.15, -0.1) is 11.3 Å². The smallest absolute Gasteiger partial charge is 0.0302 e. The Morgan fingerprint density at radius 3 is 2.67 bits per heavy atom. The highest BCUT2D eigenvalue weighted by atomic mass is 32.1. The summed E-state index contributed by atoms with van der Waals surface area (Å²) in [4.78, 5) is 1.39. The van der Waals surface area contributed by atoms with Crippen molar-refractivity contribution in [3.8, 4) is 0 Å². The second kappa shape index (κ2) is 5.10. The van der Waals surface area contributed by atoms with E-state index in [0.717, 1.165) is 13.1 Å². The van der Waals surface area contributed by atoms with Gasteiger partial charge in [-0.25, -0.2) is 0 Å². The fraction of sp³-hybridized carbons (Fsp3) is 0.231. The van der Waals surface area contributed by atoms with Gasteiger partial charge in [-0.2, -0.15) is 0 Å². The molecule has 0 atom stereocenters. The molecular formula is C13H15NS. The minimum Gasteiger partial charge on any atom is -0.308 e. The number of thiophene rings is 1. The summed E-state index contributed by atoms with van der Waals surface area (Å²) in [5.41, 5.74) is 2.74. The molecule has 0 spiro atoms. The minimum absolute atomic E-state index is 0.949. The Bertz CT molecular complexity index is 406. The van der Waals surface area contributed by atoms with E-state index in [1.165, 1.54) is 16.0 Å². The van der Waals surface area contributed by atoms with Crippen LogP contribution in [0.5, 0.6) is 0 Å². The molecule has 1 N–H and O–H groups in total. The third-order valence-corrected chi connectivity index (χ3v) is 3.33. The quantitative estimate of drug-likeness (QED) is 0.828. The van der Waals surface area contributed by atoms with Crippen LogP contribution in [-0.4, -0.2) is 0 Å². The average molecular weight is 217 g/mol. The Kier molecular flexibility index (Phi) is 3.54. The van der Waals surface area contributed by atoms with Gasteiger partial charge in [-0.1, -0.05) is 30.3 Å². The monoisotopic (exact) mass is 217 g/mol. The van der Waals surface area contributed by atoms with Gasteiger partial charge in [0, 0.05) is 18.0 Å². The van der Waals surface area contributed by atoms with Crippen LogP contribution in [0, 0.1) is 6.92 Å². The van der Waals surface area contributed by atoms with Crippen molar-refractivity contribution in [3.05, 3.63) is 57.8 Å². The normalized spacial score (nSPS) is 10.5. The third kappa shape index (κ3) is 2.91. The van der Waals surface area contributed by atoms with E-state index in [4.69, 9.17) is 0 Å². The topological polar surface area (TPSA) is 12.0 Å². The Morgan fingerprint density at radius 2 is 1.93 bits per heavy atom. The SMILES string of the molecule is Cc1ccccc1CNCc1cccs1. The lowest BCUT2D eigenvalue weighted by atomic mass is 10.1. The molecule has 0 radical (unpaired) electrons. The third-order valence-electron chi connectivity index (χ3n) is 2.46. The van der Waals surface area contributed by atoms with Crippen LogP contribution in [0.15, 0.2) is 41.8 Å². The summed E-state index contributed by atoms with van der Waals surface area (Å²) in [6, 6.07) is 12.8. The van der Waals surface area contributed by atoms with E-state index >= 15 is 0 Å². The molecule has 0 amide bonds. The lowest BCUT2D eigenvalue weighted by molar-refractivity contribution is 0.698. The number of nitrogens with one attached hydrogen (secondary N) is 1. The molecule has 15 heavy (non-hydrogen) atoms. The van der Waals surface area contributed by atoms with Crippen LogP contribution in [0.2, 0.25) is 0 Å². The van der Waals surface area contributed by atoms with Gasteiger partial charge in [-0.05, 0) is 29.5 Å². The summed E-state index contributed by atoms with van der Waals surface area (Å²) in [5.74, 6) is 0. The van der Waals surface area contributed by atoms with Crippen molar-refractivity contribution in [2.24, 2.45) is 0 Å². The summed E-state index contributed by atoms with van der Waals surface area (Å²) < 4.78 is 0. The summed E-state index contributed by atoms with van der Waals surface area (Å²) in [6.45, 7) is 4.07. The van der Waals surface area contributed by atoms with Gasteiger partial charge >= 0.3 is 0 Å². The average Bonchev–Trinajstić information content (AvgIpc) is 2.74. The fourth-order valence-electron chi connectivity index (χ4n) is 1.54. The molecule has 0 aliphatic heterocycles. The molecule has 1 heterocycles. The molecule has 1 aromatic heterocycles. The summed E-state index contributed by atoms with van der Waals surface area (Å²) in [5, 5.41) is 5.57. The largest absolute Gasteiger partial charge is 0.308 e. The van der Waals surface area contributed by atoms with E-state index in [9.17, 15) is 0 Å². The van der Waals surface area contributed by atoms with E-state index < -0.39 is 0 Å². The summed E-state index contributed by atoms with van der Waals surface area (Å²) >= 11 is 1.80. The van der Waals surface area contributed by atoms with Crippen LogP contribution in [0.25, 0.3) is 0 Å². The maximum atomic E-state index is 3.46. The van der Waals surface area contributed by atoms with Gasteiger partial charge in [-0.3, -0.25) is 0 Å². The van der Waals surface area contributed by atoms with Crippen molar-refractivity contribution in [2.45, 2.75) is 20.0 Å². The molecule has 0 bridgehead atoms. The molecule has 1 nitrogen and oxygen atoms in total. The van der Waals surface area contributed by atoms with E-state index in [1.54, 1.807) is 11.3 Å². The highest BCUT2D eigenvalue weighted by Gasteiger charge is 1.97. The Labute approximate surface area is 94.8 Å². The second-order valence-electron chi connectivity index (χ2n) is 3.61. The molecule has 0 aliphatic carbocycles. The number of benzene rings is 1. The first kappa shape index (κ1) is 10.4. The van der Waals surface area contributed by atoms with Crippen LogP contribution >= 0.6 is 11.3 Å². The Hall–Kier alpha value is -1.12. The predicted molar refractivity (Wildman–Crippen MR) is 66.0 cm³/mol. The van der Waals surface area contributed by atoms with Gasteiger partial charge in [0.05, 0.1) is 0 Å². The minimum atomic E-state index is 0.949. The van der Waals surface area contributed by atoms with Gasteiger partial charge in [0.15, 0.2) is 0 Å². The zero-order valence-corrected chi connectivity index (χ0v) is 9.68. The van der Waals surface area contributed by atoms with Crippen LogP contribution in [0.4, 0.5) is 0 Å². The molecule has 78 valence electrons. The number of hydrogen-bond acceptors (Lipinski definition) is 2. The molecule has 1 aromatic carbocycles. The van der Waals surface area contributed by atoms with Gasteiger partial charge in [0.1, 0.15) is 0 Å². The predicted octanol–water partition coefficient (Wildman–Crippen LogP) is 3.35. The van der Waals surface area contributed by atoms with Crippen molar-refractivity contribution in [1.29, 1.82) is 0 Å². The van der Waals surface area contributed by atoms with Crippen molar-refractivity contribution in [3.63, 3.8) is 0 Å². The molecule has 0 saturated heterocycles. The van der Waals surface area contributed by atoms with Gasteiger partial charge < -0.3 is 5.32 Å². The summed E-state index contributed by atoms with van der Waals surface area (Å²) in [6.07, 6.45) is 0. The number of aryl methyl sites for hydroxylation is 1. The molecule has 2 aromatic rings. The number of rotatable bonds is 4. The van der Waals surface area contributed by atoms with Crippen LogP contribution < -0.4 is 5.32 Å². The van der Waals surface area contributed by atoms with E-state index in [-0.39, 0.29) is 0 Å². The zero-order valence-electron chi connectivity index (χ0n) is 8.86. The fourth-order valence-corrected chi connectivity index (χ4v) is 2.22. The highest BCUT2D eigenvalue weighted by Crippen LogP contribution is 2.09. The van der Waals surface area contributed by atoms with Gasteiger partial charge in [0.2, 0.25) is 0 Å². The second-order valence-corrected chi connectivity index (χ2v) is 4.64. The first-order valence-electron chi connectivity index (χ1n) is 5.14. The van der Waals surface area contributed by atoms with Crippen LogP contribution in [0.3, 0.4) is 0 Å². The lowest BCUT2D eigenvalue weighted by Gasteiger charge is -2.06.